The third-order valence-corrected chi connectivity index (χ3v) is 3.61. The van der Waals surface area contributed by atoms with Crippen LogP contribution in [0.5, 0.6) is 0 Å². The summed E-state index contributed by atoms with van der Waals surface area (Å²) in [6.07, 6.45) is 0. The van der Waals surface area contributed by atoms with Crippen LogP contribution in [0.15, 0.2) is 60.9 Å². The van der Waals surface area contributed by atoms with Crippen LogP contribution in [0.4, 0.5) is 0 Å². The largest absolute Gasteiger partial charge is 0.426 e. The molecule has 0 aliphatic carbocycles. The number of nitrogens with zero attached hydrogens (tertiary/aromatic N) is 1. The van der Waals surface area contributed by atoms with E-state index in [1.54, 1.807) is 30.3 Å². The smallest absolute Gasteiger partial charge is 0.409 e. The van der Waals surface area contributed by atoms with E-state index in [2.05, 4.69) is 15.9 Å². The zero-order valence-corrected chi connectivity index (χ0v) is 12.3. The van der Waals surface area contributed by atoms with E-state index in [0.717, 1.165) is 9.04 Å². The van der Waals surface area contributed by atoms with Crippen LogP contribution in [-0.4, -0.2) is 4.57 Å². The number of halogens is 2. The third kappa shape index (κ3) is 2.19. The van der Waals surface area contributed by atoms with E-state index in [1.807, 2.05) is 0 Å². The zero-order chi connectivity index (χ0) is 14.3. The lowest BCUT2D eigenvalue weighted by atomic mass is 10.2. The highest BCUT2D eigenvalue weighted by molar-refractivity contribution is 9.10. The van der Waals surface area contributed by atoms with Crippen molar-refractivity contribution >= 4 is 38.5 Å². The van der Waals surface area contributed by atoms with Crippen molar-refractivity contribution in [1.29, 1.82) is 0 Å². The van der Waals surface area contributed by atoms with E-state index in [0.29, 0.717) is 16.1 Å². The summed E-state index contributed by atoms with van der Waals surface area (Å²) in [4.78, 5) is 24.4. The molecule has 0 atom stereocenters. The Balaban J connectivity index is 2.37. The molecule has 0 spiro atoms. The van der Waals surface area contributed by atoms with Gasteiger partial charge in [-0.3, -0.25) is 4.79 Å². The van der Waals surface area contributed by atoms with Crippen LogP contribution in [-0.2, 0) is 0 Å². The van der Waals surface area contributed by atoms with E-state index in [-0.39, 0.29) is 5.58 Å². The molecule has 100 valence electrons. The van der Waals surface area contributed by atoms with Crippen molar-refractivity contribution in [3.63, 3.8) is 0 Å². The van der Waals surface area contributed by atoms with E-state index in [4.69, 9.17) is 16.0 Å². The lowest BCUT2D eigenvalue weighted by Gasteiger charge is -2.05. The maximum Gasteiger partial charge on any atom is 0.426 e. The Morgan fingerprint density at radius 3 is 2.45 bits per heavy atom. The number of hydrogen-bond acceptors (Lipinski definition) is 3. The first-order chi connectivity index (χ1) is 9.56. The van der Waals surface area contributed by atoms with Crippen molar-refractivity contribution in [3.8, 4) is 5.69 Å². The monoisotopic (exact) mass is 351 g/mol. The third-order valence-electron chi connectivity index (χ3n) is 2.84. The van der Waals surface area contributed by atoms with E-state index in [9.17, 15) is 9.59 Å². The Labute approximate surface area is 126 Å². The van der Waals surface area contributed by atoms with Crippen molar-refractivity contribution in [3.05, 3.63) is 72.9 Å². The highest BCUT2D eigenvalue weighted by Gasteiger charge is 2.11. The fourth-order valence-corrected chi connectivity index (χ4v) is 2.34. The molecule has 6 heteroatoms. The second kappa shape index (κ2) is 4.92. The van der Waals surface area contributed by atoms with Gasteiger partial charge in [-0.25, -0.2) is 9.36 Å². The minimum atomic E-state index is -0.743. The fourth-order valence-electron chi connectivity index (χ4n) is 1.91. The highest BCUT2D eigenvalue weighted by Crippen LogP contribution is 2.16. The molecule has 0 fully saturated rings. The van der Waals surface area contributed by atoms with Gasteiger partial charge >= 0.3 is 5.76 Å². The SMILES string of the molecule is O=c1oc2cc(Cl)ccc2c(=O)n1-c1ccc(Br)cc1. The van der Waals surface area contributed by atoms with Gasteiger partial charge < -0.3 is 4.42 Å². The molecule has 3 aromatic rings. The van der Waals surface area contributed by atoms with Gasteiger partial charge in [0.2, 0.25) is 0 Å². The Bertz CT molecular complexity index is 912. The summed E-state index contributed by atoms with van der Waals surface area (Å²) in [7, 11) is 0. The molecule has 20 heavy (non-hydrogen) atoms. The lowest BCUT2D eigenvalue weighted by Crippen LogP contribution is -2.30. The van der Waals surface area contributed by atoms with Crippen molar-refractivity contribution in [2.75, 3.05) is 0 Å². The Kier molecular flexibility index (Phi) is 3.23. The number of fused-ring (bicyclic) bond motifs is 1. The Morgan fingerprint density at radius 2 is 1.75 bits per heavy atom. The minimum Gasteiger partial charge on any atom is -0.409 e. The average Bonchev–Trinajstić information content (AvgIpc) is 2.40. The normalized spacial score (nSPS) is 10.9. The number of benzene rings is 2. The quantitative estimate of drug-likeness (QED) is 0.675. The molecule has 4 nitrogen and oxygen atoms in total. The molecule has 0 unspecified atom stereocenters. The van der Waals surface area contributed by atoms with Crippen molar-refractivity contribution in [2.45, 2.75) is 0 Å². The van der Waals surface area contributed by atoms with Crippen molar-refractivity contribution in [2.24, 2.45) is 0 Å². The molecule has 0 aliphatic rings. The summed E-state index contributed by atoms with van der Waals surface area (Å²) in [5.74, 6) is -0.743. The molecule has 0 saturated heterocycles. The van der Waals surface area contributed by atoms with Gasteiger partial charge in [-0.2, -0.15) is 0 Å². The molecule has 0 N–H and O–H groups in total. The van der Waals surface area contributed by atoms with Gasteiger partial charge in [-0.1, -0.05) is 27.5 Å². The van der Waals surface area contributed by atoms with E-state index < -0.39 is 11.3 Å². The molecule has 1 aromatic heterocycles. The van der Waals surface area contributed by atoms with E-state index >= 15 is 0 Å². The van der Waals surface area contributed by atoms with Gasteiger partial charge in [0.15, 0.2) is 0 Å². The number of aromatic nitrogens is 1. The predicted molar refractivity (Wildman–Crippen MR) is 80.8 cm³/mol. The van der Waals surface area contributed by atoms with Gasteiger partial charge in [0, 0.05) is 15.6 Å². The summed E-state index contributed by atoms with van der Waals surface area (Å²) >= 11 is 9.12. The van der Waals surface area contributed by atoms with Gasteiger partial charge in [-0.15, -0.1) is 0 Å². The highest BCUT2D eigenvalue weighted by atomic mass is 79.9. The summed E-state index contributed by atoms with van der Waals surface area (Å²) < 4.78 is 6.99. The van der Waals surface area contributed by atoms with Crippen LogP contribution in [0.25, 0.3) is 16.7 Å². The first kappa shape index (κ1) is 13.1. The summed E-state index contributed by atoms with van der Waals surface area (Å²) in [5.41, 5.74) is 0.194. The molecule has 3 rings (SSSR count). The van der Waals surface area contributed by atoms with Crippen LogP contribution in [0, 0.1) is 0 Å². The van der Waals surface area contributed by atoms with Gasteiger partial charge in [-0.05, 0) is 36.4 Å². The average molecular weight is 353 g/mol. The molecule has 2 aromatic carbocycles. The van der Waals surface area contributed by atoms with Crippen LogP contribution in [0.1, 0.15) is 0 Å². The summed E-state index contributed by atoms with van der Waals surface area (Å²) in [5, 5.41) is 0.707. The van der Waals surface area contributed by atoms with Crippen molar-refractivity contribution < 1.29 is 4.42 Å². The summed E-state index contributed by atoms with van der Waals surface area (Å²) in [6, 6.07) is 11.4. The minimum absolute atomic E-state index is 0.181. The fraction of sp³-hybridized carbons (Fsp3) is 0. The first-order valence-corrected chi connectivity index (χ1v) is 6.85. The topological polar surface area (TPSA) is 52.2 Å². The van der Waals surface area contributed by atoms with Gasteiger partial charge in [0.1, 0.15) is 5.58 Å². The molecule has 0 aliphatic heterocycles. The molecule has 1 heterocycles. The number of rotatable bonds is 1. The van der Waals surface area contributed by atoms with Crippen LogP contribution in [0.3, 0.4) is 0 Å². The number of hydrogen-bond donors (Lipinski definition) is 0. The lowest BCUT2D eigenvalue weighted by molar-refractivity contribution is 0.504. The van der Waals surface area contributed by atoms with Crippen LogP contribution >= 0.6 is 27.5 Å². The standard InChI is InChI=1S/C14H7BrClNO3/c15-8-1-4-10(5-2-8)17-13(18)11-6-3-9(16)7-12(11)20-14(17)19/h1-7H. The maximum absolute atomic E-state index is 12.4. The molecule has 0 radical (unpaired) electrons. The second-order valence-electron chi connectivity index (χ2n) is 4.13. The van der Waals surface area contributed by atoms with E-state index in [1.165, 1.54) is 12.1 Å². The molecule has 0 saturated carbocycles. The van der Waals surface area contributed by atoms with Crippen LogP contribution < -0.4 is 11.3 Å². The molecule has 0 bridgehead atoms. The zero-order valence-electron chi connectivity index (χ0n) is 9.97. The van der Waals surface area contributed by atoms with Gasteiger partial charge in [0.05, 0.1) is 11.1 Å². The second-order valence-corrected chi connectivity index (χ2v) is 5.48. The predicted octanol–water partition coefficient (Wildman–Crippen LogP) is 3.36. The van der Waals surface area contributed by atoms with Crippen molar-refractivity contribution in [1.82, 2.24) is 4.57 Å². The maximum atomic E-state index is 12.4. The van der Waals surface area contributed by atoms with Crippen LogP contribution in [0.2, 0.25) is 5.02 Å². The molecule has 0 amide bonds. The molecular formula is C14H7BrClNO3. The Hall–Kier alpha value is -1.85. The van der Waals surface area contributed by atoms with Gasteiger partial charge in [0.25, 0.3) is 5.56 Å². The summed E-state index contributed by atoms with van der Waals surface area (Å²) in [6.45, 7) is 0. The molecular weight excluding hydrogens is 346 g/mol. The Morgan fingerprint density at radius 1 is 1.05 bits per heavy atom. The first-order valence-electron chi connectivity index (χ1n) is 5.67.